The Morgan fingerprint density at radius 2 is 0.833 bits per heavy atom. The van der Waals surface area contributed by atoms with Gasteiger partial charge in [-0.15, -0.1) is 0 Å². The third-order valence-corrected chi connectivity index (χ3v) is 0. The third-order valence-electron chi connectivity index (χ3n) is 0. The van der Waals surface area contributed by atoms with Crippen LogP contribution >= 0.6 is 0 Å². The molecule has 8 nitrogen and oxygen atoms in total. The molecule has 84 valence electrons. The fourth-order valence-electron chi connectivity index (χ4n) is 0. The van der Waals surface area contributed by atoms with Crippen LogP contribution in [-0.4, -0.2) is 35.0 Å². The van der Waals surface area contributed by atoms with Crippen LogP contribution in [0.2, 0.25) is 0 Å². The maximum Gasteiger partial charge on any atom is 1.00 e. The van der Waals surface area contributed by atoms with E-state index in [1.807, 2.05) is 0 Å². The molecule has 0 aromatic rings. The summed E-state index contributed by atoms with van der Waals surface area (Å²) in [5.41, 5.74) is 0. The van der Waals surface area contributed by atoms with Crippen LogP contribution in [0, 0.1) is 0 Å². The van der Waals surface area contributed by atoms with Crippen LogP contribution in [0.3, 0.4) is 0 Å². The van der Waals surface area contributed by atoms with Crippen molar-refractivity contribution in [3.63, 3.8) is 0 Å². The largest absolute Gasteiger partial charge is 1.00 e. The minimum Gasteiger partial charge on any atom is -0.759 e. The molecule has 0 rings (SSSR count). The fourth-order valence-corrected chi connectivity index (χ4v) is 0. The Balaban J connectivity index is -0.0000000457. The molecule has 0 saturated carbocycles. The van der Waals surface area contributed by atoms with Gasteiger partial charge in [0.2, 0.25) is 0 Å². The molecule has 0 radical (unpaired) electrons. The van der Waals surface area contributed by atoms with Gasteiger partial charge in [-0.3, -0.25) is 17.5 Å². The van der Waals surface area contributed by atoms with Crippen molar-refractivity contribution in [1.82, 2.24) is 0 Å². The second-order valence-electron chi connectivity index (χ2n) is 0.856. The van der Waals surface area contributed by atoms with E-state index in [0.29, 0.717) is 0 Å². The maximum absolute atomic E-state index is 8.74. The summed E-state index contributed by atoms with van der Waals surface area (Å²) in [6.45, 7) is 0. The average molecular weight is 410 g/mol. The van der Waals surface area contributed by atoms with E-state index in [9.17, 15) is 0 Å². The number of rotatable bonds is 0. The molecule has 12 heavy (non-hydrogen) atoms. The van der Waals surface area contributed by atoms with Crippen molar-refractivity contribution in [3.05, 3.63) is 0 Å². The van der Waals surface area contributed by atoms with Crippen molar-refractivity contribution in [2.24, 2.45) is 0 Å². The van der Waals surface area contributed by atoms with E-state index in [1.165, 1.54) is 0 Å². The third kappa shape index (κ3) is 787. The first-order valence-electron chi connectivity index (χ1n) is 1.37. The van der Waals surface area contributed by atoms with Gasteiger partial charge < -0.3 is 9.11 Å². The van der Waals surface area contributed by atoms with Gasteiger partial charge >= 0.3 is 55.2 Å². The molecule has 12 heteroatoms. The Kier molecular flexibility index (Phi) is 17.0. The second-order valence-corrected chi connectivity index (χ2v) is 2.57. The quantitative estimate of drug-likeness (QED) is 0.264. The van der Waals surface area contributed by atoms with Gasteiger partial charge in [0.25, 0.3) is 0 Å². The molecular weight excluding hydrogens is 408 g/mol. The van der Waals surface area contributed by atoms with Crippen molar-refractivity contribution < 1.29 is 79.8 Å². The molecule has 0 aromatic heterocycles. The summed E-state index contributed by atoms with van der Waals surface area (Å²) in [4.78, 5) is 0. The Labute approximate surface area is 99.9 Å². The van der Waals surface area contributed by atoms with Gasteiger partial charge in [-0.1, -0.05) is 0 Å². The zero-order valence-corrected chi connectivity index (χ0v) is 9.36. The van der Waals surface area contributed by atoms with E-state index in [1.54, 1.807) is 0 Å². The summed E-state index contributed by atoms with van der Waals surface area (Å²) in [5.74, 6) is 0. The minimum absolute atomic E-state index is 0. The molecule has 0 saturated heterocycles. The molecule has 0 spiro atoms. The van der Waals surface area contributed by atoms with Crippen molar-refractivity contribution in [2.75, 3.05) is 0 Å². The molecular formula is H2Ag2O8S2. The standard InChI is InChI=1S/2Ag.2H2O4S/c;;2*1-5(2,3)4/h;;2*(H2,1,2,3,4)/q2*+1;;/p-2. The van der Waals surface area contributed by atoms with Gasteiger partial charge in [0.05, 0.1) is 0 Å². The molecule has 0 fully saturated rings. The van der Waals surface area contributed by atoms with Crippen LogP contribution in [0.25, 0.3) is 0 Å². The first kappa shape index (κ1) is 23.2. The van der Waals surface area contributed by atoms with Crippen LogP contribution < -0.4 is 0 Å². The summed E-state index contributed by atoms with van der Waals surface area (Å²) in [7, 11) is -9.83. The topological polar surface area (TPSA) is 155 Å². The van der Waals surface area contributed by atoms with Gasteiger partial charge in [-0.25, -0.2) is 0 Å². The van der Waals surface area contributed by atoms with Crippen LogP contribution in [0.4, 0.5) is 0 Å². The Hall–Kier alpha value is 1.22. The van der Waals surface area contributed by atoms with E-state index >= 15 is 0 Å². The van der Waals surface area contributed by atoms with Crippen molar-refractivity contribution >= 4 is 20.8 Å². The normalized spacial score (nSPS) is 9.67. The Bertz CT molecular complexity index is 211. The first-order valence-corrected chi connectivity index (χ1v) is 4.10. The molecule has 0 amide bonds. The van der Waals surface area contributed by atoms with E-state index < -0.39 is 20.8 Å². The first-order chi connectivity index (χ1) is 4.00. The molecule has 0 aliphatic heterocycles. The summed E-state index contributed by atoms with van der Waals surface area (Å²) >= 11 is 0. The van der Waals surface area contributed by atoms with Crippen molar-refractivity contribution in [1.29, 1.82) is 0 Å². The van der Waals surface area contributed by atoms with Crippen LogP contribution in [-0.2, 0) is 65.6 Å². The summed E-state index contributed by atoms with van der Waals surface area (Å²) in [6.07, 6.45) is 0. The fraction of sp³-hybridized carbons (Fsp3) is 0. The maximum atomic E-state index is 8.74. The number of hydrogen-bond donors (Lipinski definition) is 2. The van der Waals surface area contributed by atoms with Gasteiger partial charge in [0.15, 0.2) is 0 Å². The minimum atomic E-state index is -5.17. The predicted molar refractivity (Wildman–Crippen MR) is 24.7 cm³/mol. The van der Waals surface area contributed by atoms with E-state index in [2.05, 4.69) is 0 Å². The van der Waals surface area contributed by atoms with Crippen molar-refractivity contribution in [2.45, 2.75) is 0 Å². The van der Waals surface area contributed by atoms with Crippen LogP contribution in [0.5, 0.6) is 0 Å². The van der Waals surface area contributed by atoms with Gasteiger partial charge in [-0.05, 0) is 0 Å². The van der Waals surface area contributed by atoms with Gasteiger partial charge in [0, 0.05) is 10.4 Å². The smallest absolute Gasteiger partial charge is 0.759 e. The predicted octanol–water partition coefficient (Wildman–Crippen LogP) is -2.00. The molecule has 0 heterocycles. The average Bonchev–Trinajstić information content (AvgIpc) is 1.12. The van der Waals surface area contributed by atoms with E-state index in [-0.39, 0.29) is 44.8 Å². The van der Waals surface area contributed by atoms with Crippen molar-refractivity contribution in [3.8, 4) is 0 Å². The molecule has 0 unspecified atom stereocenters. The summed E-state index contributed by atoms with van der Waals surface area (Å²) < 4.78 is 65.7. The monoisotopic (exact) mass is 408 g/mol. The molecule has 0 aliphatic carbocycles. The van der Waals surface area contributed by atoms with Gasteiger partial charge in [-0.2, -0.15) is 8.42 Å². The Morgan fingerprint density at radius 1 is 0.833 bits per heavy atom. The molecule has 0 bridgehead atoms. The Morgan fingerprint density at radius 3 is 0.833 bits per heavy atom. The SMILES string of the molecule is O=S(=O)(O)O.O=S(=O)([O-])[O-].[Ag+].[Ag+]. The molecule has 0 aromatic carbocycles. The number of hydrogen-bond acceptors (Lipinski definition) is 6. The van der Waals surface area contributed by atoms with E-state index in [0.717, 1.165) is 0 Å². The second kappa shape index (κ2) is 8.80. The summed E-state index contributed by atoms with van der Waals surface area (Å²) in [6, 6.07) is 0. The van der Waals surface area contributed by atoms with Crippen LogP contribution in [0.15, 0.2) is 0 Å². The zero-order valence-electron chi connectivity index (χ0n) is 4.76. The van der Waals surface area contributed by atoms with Gasteiger partial charge in [0.1, 0.15) is 0 Å². The molecule has 0 aliphatic rings. The van der Waals surface area contributed by atoms with Crippen LogP contribution in [0.1, 0.15) is 0 Å². The summed E-state index contributed by atoms with van der Waals surface area (Å²) in [5, 5.41) is 0. The molecule has 0 atom stereocenters. The van der Waals surface area contributed by atoms with E-state index in [4.69, 9.17) is 35.0 Å². The molecule has 2 N–H and O–H groups in total. The zero-order chi connectivity index (χ0) is 9.00.